The predicted molar refractivity (Wildman–Crippen MR) is 69.2 cm³/mol. The number of amides is 1. The Kier molecular flexibility index (Phi) is 4.63. The maximum absolute atomic E-state index is 11.5. The number of ether oxygens (including phenoxy) is 3. The molecule has 0 aliphatic carbocycles. The molecule has 106 valence electrons. The summed E-state index contributed by atoms with van der Waals surface area (Å²) < 4.78 is 15.9. The summed E-state index contributed by atoms with van der Waals surface area (Å²) in [5.74, 6) is 1.39. The van der Waals surface area contributed by atoms with E-state index in [4.69, 9.17) is 25.2 Å². The lowest BCUT2D eigenvalue weighted by atomic mass is 10.2. The normalized spacial score (nSPS) is 11.8. The first-order valence-corrected chi connectivity index (χ1v) is 6.13. The van der Waals surface area contributed by atoms with Gasteiger partial charge in [0, 0.05) is 24.7 Å². The third kappa shape index (κ3) is 3.30. The Morgan fingerprint density at radius 1 is 1.45 bits per heavy atom. The van der Waals surface area contributed by atoms with Gasteiger partial charge < -0.3 is 25.3 Å². The molecule has 1 aromatic carbocycles. The number of nitrogens with two attached hydrogens (primary N) is 1. The van der Waals surface area contributed by atoms with E-state index in [9.17, 15) is 4.79 Å². The van der Waals surface area contributed by atoms with Gasteiger partial charge in [-0.2, -0.15) is 5.26 Å². The monoisotopic (exact) mass is 277 g/mol. The zero-order chi connectivity index (χ0) is 14.4. The molecule has 3 N–H and O–H groups in total. The van der Waals surface area contributed by atoms with Crippen molar-refractivity contribution in [2.24, 2.45) is 5.73 Å². The average Bonchev–Trinajstić information content (AvgIpc) is 2.91. The van der Waals surface area contributed by atoms with Gasteiger partial charge in [-0.15, -0.1) is 0 Å². The van der Waals surface area contributed by atoms with E-state index in [1.807, 2.05) is 6.07 Å². The topological polar surface area (TPSA) is 107 Å². The summed E-state index contributed by atoms with van der Waals surface area (Å²) >= 11 is 0. The number of rotatable bonds is 6. The number of nitrogens with zero attached hydrogens (tertiary/aromatic N) is 1. The Labute approximate surface area is 116 Å². The van der Waals surface area contributed by atoms with Crippen LogP contribution in [0.2, 0.25) is 0 Å². The second-order valence-corrected chi connectivity index (χ2v) is 4.06. The van der Waals surface area contributed by atoms with Crippen molar-refractivity contribution in [3.8, 4) is 23.3 Å². The van der Waals surface area contributed by atoms with Gasteiger partial charge in [0.05, 0.1) is 12.5 Å². The van der Waals surface area contributed by atoms with Crippen molar-refractivity contribution < 1.29 is 19.0 Å². The molecule has 0 radical (unpaired) electrons. The molecule has 0 spiro atoms. The van der Waals surface area contributed by atoms with E-state index in [1.165, 1.54) is 0 Å². The van der Waals surface area contributed by atoms with Gasteiger partial charge in [-0.25, -0.2) is 0 Å². The molecule has 0 fully saturated rings. The number of nitriles is 1. The quantitative estimate of drug-likeness (QED) is 0.723. The Morgan fingerprint density at radius 2 is 2.20 bits per heavy atom. The van der Waals surface area contributed by atoms with Crippen LogP contribution in [0.5, 0.6) is 17.2 Å². The molecule has 1 heterocycles. The summed E-state index contributed by atoms with van der Waals surface area (Å²) in [6.45, 7) is 0.598. The van der Waals surface area contributed by atoms with Crippen LogP contribution >= 0.6 is 0 Å². The Bertz CT molecular complexity index is 539. The van der Waals surface area contributed by atoms with E-state index in [0.717, 1.165) is 5.56 Å². The van der Waals surface area contributed by atoms with Crippen LogP contribution in [-0.2, 0) is 11.3 Å². The van der Waals surface area contributed by atoms with E-state index >= 15 is 0 Å². The number of benzene rings is 1. The molecule has 0 aromatic heterocycles. The standard InChI is InChI=1S/C13H15N3O4/c14-2-1-3-16-13(17)7-18-10-5-12-11(19-8-20-12)4-9(10)6-15/h4-5H,1,3,6-8,15H2,(H,16,17). The van der Waals surface area contributed by atoms with Crippen LogP contribution in [0.25, 0.3) is 0 Å². The maximum atomic E-state index is 11.5. The molecule has 0 saturated carbocycles. The Morgan fingerprint density at radius 3 is 2.90 bits per heavy atom. The van der Waals surface area contributed by atoms with E-state index in [-0.39, 0.29) is 32.3 Å². The van der Waals surface area contributed by atoms with Gasteiger partial charge in [0.25, 0.3) is 5.91 Å². The van der Waals surface area contributed by atoms with Gasteiger partial charge in [-0.1, -0.05) is 0 Å². The summed E-state index contributed by atoms with van der Waals surface area (Å²) in [6.07, 6.45) is 0.268. The van der Waals surface area contributed by atoms with Crippen molar-refractivity contribution in [1.29, 1.82) is 5.26 Å². The summed E-state index contributed by atoms with van der Waals surface area (Å²) in [5, 5.41) is 10.9. The number of carbonyl (C=O) groups excluding carboxylic acids is 1. The summed E-state index contributed by atoms with van der Waals surface area (Å²) in [5.41, 5.74) is 6.37. The predicted octanol–water partition coefficient (Wildman–Crippen LogP) is 0.283. The minimum absolute atomic E-state index is 0.141. The van der Waals surface area contributed by atoms with Gasteiger partial charge >= 0.3 is 0 Å². The number of hydrogen-bond donors (Lipinski definition) is 2. The highest BCUT2D eigenvalue weighted by Crippen LogP contribution is 2.37. The molecule has 0 atom stereocenters. The third-order valence-corrected chi connectivity index (χ3v) is 2.69. The lowest BCUT2D eigenvalue weighted by Crippen LogP contribution is -2.29. The minimum atomic E-state index is -0.291. The number of fused-ring (bicyclic) bond motifs is 1. The SMILES string of the molecule is N#CCCNC(=O)COc1cc2c(cc1CN)OCO2. The van der Waals surface area contributed by atoms with Crippen molar-refractivity contribution in [3.05, 3.63) is 17.7 Å². The van der Waals surface area contributed by atoms with Crippen LogP contribution in [0.1, 0.15) is 12.0 Å². The smallest absolute Gasteiger partial charge is 0.257 e. The van der Waals surface area contributed by atoms with Gasteiger partial charge in [0.15, 0.2) is 18.1 Å². The van der Waals surface area contributed by atoms with Crippen molar-refractivity contribution in [2.45, 2.75) is 13.0 Å². The van der Waals surface area contributed by atoms with E-state index < -0.39 is 0 Å². The highest BCUT2D eigenvalue weighted by atomic mass is 16.7. The number of hydrogen-bond acceptors (Lipinski definition) is 6. The first kappa shape index (κ1) is 14.0. The average molecular weight is 277 g/mol. The molecule has 1 aliphatic rings. The van der Waals surface area contributed by atoms with Crippen LogP contribution in [0.15, 0.2) is 12.1 Å². The van der Waals surface area contributed by atoms with Gasteiger partial charge in [-0.05, 0) is 6.07 Å². The van der Waals surface area contributed by atoms with Crippen molar-refractivity contribution in [1.82, 2.24) is 5.32 Å². The largest absolute Gasteiger partial charge is 0.483 e. The molecular formula is C13H15N3O4. The molecule has 1 amide bonds. The summed E-state index contributed by atoms with van der Waals surface area (Å²) in [4.78, 5) is 11.5. The lowest BCUT2D eigenvalue weighted by molar-refractivity contribution is -0.123. The lowest BCUT2D eigenvalue weighted by Gasteiger charge is -2.11. The first-order valence-electron chi connectivity index (χ1n) is 6.13. The highest BCUT2D eigenvalue weighted by Gasteiger charge is 2.18. The minimum Gasteiger partial charge on any atom is -0.483 e. The summed E-state index contributed by atoms with van der Waals surface area (Å²) in [6, 6.07) is 5.34. The molecule has 7 heteroatoms. The fraction of sp³-hybridized carbons (Fsp3) is 0.385. The molecule has 1 aromatic rings. The van der Waals surface area contributed by atoms with Gasteiger partial charge in [0.1, 0.15) is 5.75 Å². The first-order chi connectivity index (χ1) is 9.74. The fourth-order valence-corrected chi connectivity index (χ4v) is 1.71. The second-order valence-electron chi connectivity index (χ2n) is 4.06. The maximum Gasteiger partial charge on any atom is 0.257 e. The zero-order valence-electron chi connectivity index (χ0n) is 10.8. The molecular weight excluding hydrogens is 262 g/mol. The van der Waals surface area contributed by atoms with Gasteiger partial charge in [0.2, 0.25) is 6.79 Å². The van der Waals surface area contributed by atoms with Crippen molar-refractivity contribution >= 4 is 5.91 Å². The van der Waals surface area contributed by atoms with E-state index in [1.54, 1.807) is 12.1 Å². The van der Waals surface area contributed by atoms with Crippen LogP contribution in [0.4, 0.5) is 0 Å². The van der Waals surface area contributed by atoms with E-state index in [0.29, 0.717) is 23.8 Å². The highest BCUT2D eigenvalue weighted by molar-refractivity contribution is 5.77. The van der Waals surface area contributed by atoms with Crippen LogP contribution in [-0.4, -0.2) is 25.9 Å². The molecule has 2 rings (SSSR count). The molecule has 0 saturated heterocycles. The summed E-state index contributed by atoms with van der Waals surface area (Å²) in [7, 11) is 0. The fourth-order valence-electron chi connectivity index (χ4n) is 1.71. The molecule has 1 aliphatic heterocycles. The third-order valence-electron chi connectivity index (χ3n) is 2.69. The number of carbonyl (C=O) groups is 1. The van der Waals surface area contributed by atoms with Crippen LogP contribution < -0.4 is 25.3 Å². The molecule has 0 unspecified atom stereocenters. The Balaban J connectivity index is 1.95. The van der Waals surface area contributed by atoms with Gasteiger partial charge in [-0.3, -0.25) is 4.79 Å². The zero-order valence-corrected chi connectivity index (χ0v) is 10.8. The van der Waals surface area contributed by atoms with E-state index in [2.05, 4.69) is 5.32 Å². The van der Waals surface area contributed by atoms with Crippen molar-refractivity contribution in [3.63, 3.8) is 0 Å². The van der Waals surface area contributed by atoms with Crippen LogP contribution in [0, 0.1) is 11.3 Å². The van der Waals surface area contributed by atoms with Crippen molar-refractivity contribution in [2.75, 3.05) is 19.9 Å². The second kappa shape index (κ2) is 6.63. The molecule has 0 bridgehead atoms. The molecule has 20 heavy (non-hydrogen) atoms. The Hall–Kier alpha value is -2.46. The number of nitrogens with one attached hydrogen (secondary N) is 1. The molecule has 7 nitrogen and oxygen atoms in total. The van der Waals surface area contributed by atoms with Crippen LogP contribution in [0.3, 0.4) is 0 Å².